The Labute approximate surface area is 107 Å². The van der Waals surface area contributed by atoms with Gasteiger partial charge in [-0.2, -0.15) is 0 Å². The van der Waals surface area contributed by atoms with Gasteiger partial charge in [-0.05, 0) is 44.9 Å². The summed E-state index contributed by atoms with van der Waals surface area (Å²) in [5, 5.41) is 3.42. The van der Waals surface area contributed by atoms with Crippen LogP contribution in [0, 0.1) is 6.92 Å². The van der Waals surface area contributed by atoms with Crippen molar-refractivity contribution in [3.05, 3.63) is 39.9 Å². The van der Waals surface area contributed by atoms with E-state index in [9.17, 15) is 0 Å². The first-order valence-corrected chi connectivity index (χ1v) is 6.35. The first-order chi connectivity index (χ1) is 7.38. The minimum Gasteiger partial charge on any atom is -0.309 e. The summed E-state index contributed by atoms with van der Waals surface area (Å²) in [7, 11) is 0. The molecule has 1 aromatic rings. The summed E-state index contributed by atoms with van der Waals surface area (Å²) < 4.78 is 1.15. The van der Waals surface area contributed by atoms with Crippen LogP contribution in [0.5, 0.6) is 0 Å². The van der Waals surface area contributed by atoms with Crippen LogP contribution < -0.4 is 5.32 Å². The molecule has 0 aliphatic rings. The predicted octanol–water partition coefficient (Wildman–Crippen LogP) is 4.16. The number of halogens is 1. The lowest BCUT2D eigenvalue weighted by Gasteiger charge is -2.18. The van der Waals surface area contributed by atoms with Crippen LogP contribution in [0.25, 0.3) is 6.08 Å². The molecule has 0 fully saturated rings. The fourth-order valence-electron chi connectivity index (χ4n) is 1.32. The van der Waals surface area contributed by atoms with Gasteiger partial charge in [-0.25, -0.2) is 0 Å². The van der Waals surface area contributed by atoms with Crippen molar-refractivity contribution in [2.75, 3.05) is 6.54 Å². The summed E-state index contributed by atoms with van der Waals surface area (Å²) in [5.74, 6) is 0. The molecule has 0 radical (unpaired) electrons. The largest absolute Gasteiger partial charge is 0.309 e. The van der Waals surface area contributed by atoms with Crippen LogP contribution >= 0.6 is 15.9 Å². The highest BCUT2D eigenvalue weighted by Gasteiger charge is 2.05. The van der Waals surface area contributed by atoms with Gasteiger partial charge >= 0.3 is 0 Å². The highest BCUT2D eigenvalue weighted by Crippen LogP contribution is 2.19. The highest BCUT2D eigenvalue weighted by molar-refractivity contribution is 9.10. The Kier molecular flexibility index (Phi) is 4.75. The lowest BCUT2D eigenvalue weighted by atomic mass is 10.1. The number of aryl methyl sites for hydroxylation is 1. The standard InChI is InChI=1S/C14H20BrN/c1-11-7-8-12(13(15)10-11)6-5-9-16-14(2,3)4/h5-8,10,16H,9H2,1-4H3/b6-5+. The molecule has 0 spiro atoms. The first-order valence-electron chi connectivity index (χ1n) is 5.56. The molecule has 0 amide bonds. The Bertz CT molecular complexity index is 375. The molecule has 1 N–H and O–H groups in total. The van der Waals surface area contributed by atoms with Crippen molar-refractivity contribution < 1.29 is 0 Å². The molecule has 88 valence electrons. The fraction of sp³-hybridized carbons (Fsp3) is 0.429. The molecule has 2 heteroatoms. The van der Waals surface area contributed by atoms with Crippen LogP contribution in [-0.2, 0) is 0 Å². The van der Waals surface area contributed by atoms with Gasteiger partial charge in [-0.1, -0.05) is 40.2 Å². The highest BCUT2D eigenvalue weighted by atomic mass is 79.9. The van der Waals surface area contributed by atoms with E-state index in [4.69, 9.17) is 0 Å². The molecule has 0 aliphatic carbocycles. The molecule has 0 unspecified atom stereocenters. The van der Waals surface area contributed by atoms with Gasteiger partial charge in [0.1, 0.15) is 0 Å². The summed E-state index contributed by atoms with van der Waals surface area (Å²) in [5.41, 5.74) is 2.67. The van der Waals surface area contributed by atoms with Gasteiger partial charge in [-0.15, -0.1) is 0 Å². The predicted molar refractivity (Wildman–Crippen MR) is 75.7 cm³/mol. The zero-order valence-corrected chi connectivity index (χ0v) is 12.1. The fourth-order valence-corrected chi connectivity index (χ4v) is 1.94. The van der Waals surface area contributed by atoms with Crippen molar-refractivity contribution in [1.29, 1.82) is 0 Å². The van der Waals surface area contributed by atoms with Gasteiger partial charge in [0.25, 0.3) is 0 Å². The molecule has 0 aliphatic heterocycles. The van der Waals surface area contributed by atoms with Crippen molar-refractivity contribution in [1.82, 2.24) is 5.32 Å². The molecule has 1 nitrogen and oxygen atoms in total. The molecule has 0 saturated carbocycles. The Morgan fingerprint density at radius 2 is 2.00 bits per heavy atom. The Balaban J connectivity index is 2.57. The van der Waals surface area contributed by atoms with E-state index < -0.39 is 0 Å². The summed E-state index contributed by atoms with van der Waals surface area (Å²) in [6.45, 7) is 9.50. The van der Waals surface area contributed by atoms with Gasteiger partial charge < -0.3 is 5.32 Å². The van der Waals surface area contributed by atoms with Crippen LogP contribution in [0.1, 0.15) is 31.9 Å². The van der Waals surface area contributed by atoms with Crippen LogP contribution in [0.15, 0.2) is 28.7 Å². The maximum Gasteiger partial charge on any atom is 0.0250 e. The van der Waals surface area contributed by atoms with E-state index in [1.807, 2.05) is 0 Å². The Hall–Kier alpha value is -0.600. The van der Waals surface area contributed by atoms with E-state index in [1.165, 1.54) is 11.1 Å². The number of nitrogens with one attached hydrogen (secondary N) is 1. The second-order valence-corrected chi connectivity index (χ2v) is 5.91. The van der Waals surface area contributed by atoms with E-state index in [-0.39, 0.29) is 5.54 Å². The third-order valence-corrected chi connectivity index (χ3v) is 2.89. The van der Waals surface area contributed by atoms with E-state index in [2.05, 4.69) is 79.3 Å². The van der Waals surface area contributed by atoms with Crippen LogP contribution in [-0.4, -0.2) is 12.1 Å². The molecule has 1 rings (SSSR count). The van der Waals surface area contributed by atoms with Gasteiger partial charge in [0.05, 0.1) is 0 Å². The lowest BCUT2D eigenvalue weighted by Crippen LogP contribution is -2.35. The number of hydrogen-bond acceptors (Lipinski definition) is 1. The minimum atomic E-state index is 0.175. The molecule has 1 aromatic carbocycles. The quantitative estimate of drug-likeness (QED) is 0.877. The maximum atomic E-state index is 3.57. The topological polar surface area (TPSA) is 12.0 Å². The van der Waals surface area contributed by atoms with E-state index in [0.29, 0.717) is 0 Å². The lowest BCUT2D eigenvalue weighted by molar-refractivity contribution is 0.450. The maximum absolute atomic E-state index is 3.57. The SMILES string of the molecule is Cc1ccc(/C=C/CNC(C)(C)C)c(Br)c1. The molecule has 0 bridgehead atoms. The van der Waals surface area contributed by atoms with Gasteiger partial charge in [0.15, 0.2) is 0 Å². The third-order valence-electron chi connectivity index (χ3n) is 2.20. The van der Waals surface area contributed by atoms with Crippen LogP contribution in [0.3, 0.4) is 0 Å². The van der Waals surface area contributed by atoms with Crippen molar-refractivity contribution in [3.8, 4) is 0 Å². The number of rotatable bonds is 3. The van der Waals surface area contributed by atoms with Crippen molar-refractivity contribution in [2.24, 2.45) is 0 Å². The summed E-state index contributed by atoms with van der Waals surface area (Å²) in [6, 6.07) is 6.39. The van der Waals surface area contributed by atoms with Gasteiger partial charge in [0, 0.05) is 16.6 Å². The second kappa shape index (κ2) is 5.65. The van der Waals surface area contributed by atoms with Crippen LogP contribution in [0.4, 0.5) is 0 Å². The third kappa shape index (κ3) is 4.95. The van der Waals surface area contributed by atoms with Crippen molar-refractivity contribution in [2.45, 2.75) is 33.2 Å². The average Bonchev–Trinajstić information content (AvgIpc) is 2.13. The zero-order chi connectivity index (χ0) is 12.2. The molecule has 16 heavy (non-hydrogen) atoms. The van der Waals surface area contributed by atoms with Gasteiger partial charge in [-0.3, -0.25) is 0 Å². The zero-order valence-electron chi connectivity index (χ0n) is 10.5. The van der Waals surface area contributed by atoms with Crippen LogP contribution in [0.2, 0.25) is 0 Å². The molecule has 0 aromatic heterocycles. The van der Waals surface area contributed by atoms with E-state index in [0.717, 1.165) is 11.0 Å². The number of benzene rings is 1. The first kappa shape index (κ1) is 13.5. The summed E-state index contributed by atoms with van der Waals surface area (Å²) >= 11 is 3.57. The molecule has 0 heterocycles. The van der Waals surface area contributed by atoms with Gasteiger partial charge in [0.2, 0.25) is 0 Å². The molecular formula is C14H20BrN. The van der Waals surface area contributed by atoms with Crippen molar-refractivity contribution in [3.63, 3.8) is 0 Å². The number of hydrogen-bond donors (Lipinski definition) is 1. The monoisotopic (exact) mass is 281 g/mol. The van der Waals surface area contributed by atoms with E-state index >= 15 is 0 Å². The van der Waals surface area contributed by atoms with Crippen molar-refractivity contribution >= 4 is 22.0 Å². The summed E-state index contributed by atoms with van der Waals surface area (Å²) in [6.07, 6.45) is 4.29. The normalized spacial score (nSPS) is 12.3. The molecule has 0 saturated heterocycles. The molecule has 0 atom stereocenters. The molecular weight excluding hydrogens is 262 g/mol. The average molecular weight is 282 g/mol. The second-order valence-electron chi connectivity index (χ2n) is 5.06. The van der Waals surface area contributed by atoms with E-state index in [1.54, 1.807) is 0 Å². The Morgan fingerprint density at radius 1 is 1.31 bits per heavy atom. The smallest absolute Gasteiger partial charge is 0.0250 e. The Morgan fingerprint density at radius 3 is 2.56 bits per heavy atom. The minimum absolute atomic E-state index is 0.175. The summed E-state index contributed by atoms with van der Waals surface area (Å²) in [4.78, 5) is 0.